The van der Waals surface area contributed by atoms with E-state index in [1.165, 1.54) is 0 Å². The standard InChI is InChI=1S/C22H29ClN4O2.2ClH/c1-3-24-8-9-25-20(28)17-10-22(11-17)13-27(14-22)12-19-15(2)29-21(26-19)16-4-6-18(23)7-5-16;;/h4-7,17,24H,3,8-14H2,1-2H3,(H,25,28);2*1H. The summed E-state index contributed by atoms with van der Waals surface area (Å²) >= 11 is 5.96. The van der Waals surface area contributed by atoms with E-state index in [0.29, 0.717) is 22.9 Å². The van der Waals surface area contributed by atoms with Crippen molar-refractivity contribution in [3.05, 3.63) is 40.7 Å². The summed E-state index contributed by atoms with van der Waals surface area (Å²) < 4.78 is 5.87. The monoisotopic (exact) mass is 488 g/mol. The summed E-state index contributed by atoms with van der Waals surface area (Å²) in [6, 6.07) is 7.54. The van der Waals surface area contributed by atoms with Crippen LogP contribution in [0.15, 0.2) is 28.7 Å². The third-order valence-electron chi connectivity index (χ3n) is 6.06. The van der Waals surface area contributed by atoms with Crippen molar-refractivity contribution < 1.29 is 9.21 Å². The maximum atomic E-state index is 12.2. The second-order valence-corrected chi connectivity index (χ2v) is 8.86. The van der Waals surface area contributed by atoms with Gasteiger partial charge in [0.2, 0.25) is 11.8 Å². The van der Waals surface area contributed by atoms with E-state index >= 15 is 0 Å². The number of halogens is 3. The van der Waals surface area contributed by atoms with Crippen molar-refractivity contribution in [1.29, 1.82) is 0 Å². The van der Waals surface area contributed by atoms with Crippen LogP contribution in [-0.2, 0) is 11.3 Å². The van der Waals surface area contributed by atoms with Gasteiger partial charge in [-0.3, -0.25) is 9.69 Å². The van der Waals surface area contributed by atoms with Crippen LogP contribution in [-0.4, -0.2) is 48.5 Å². The molecule has 6 nitrogen and oxygen atoms in total. The van der Waals surface area contributed by atoms with Crippen LogP contribution < -0.4 is 10.6 Å². The molecule has 0 radical (unpaired) electrons. The fraction of sp³-hybridized carbons (Fsp3) is 0.545. The van der Waals surface area contributed by atoms with Gasteiger partial charge in [-0.2, -0.15) is 0 Å². The molecular weight excluding hydrogens is 459 g/mol. The molecule has 4 rings (SSSR count). The van der Waals surface area contributed by atoms with E-state index in [-0.39, 0.29) is 36.6 Å². The zero-order valence-corrected chi connectivity index (χ0v) is 20.3. The van der Waals surface area contributed by atoms with Crippen LogP contribution in [0.4, 0.5) is 0 Å². The van der Waals surface area contributed by atoms with Gasteiger partial charge in [-0.25, -0.2) is 4.98 Å². The van der Waals surface area contributed by atoms with Crippen molar-refractivity contribution in [2.24, 2.45) is 11.3 Å². The van der Waals surface area contributed by atoms with Crippen LogP contribution in [0.2, 0.25) is 5.02 Å². The highest BCUT2D eigenvalue weighted by molar-refractivity contribution is 6.30. The zero-order valence-electron chi connectivity index (χ0n) is 17.9. The van der Waals surface area contributed by atoms with Crippen LogP contribution in [0.5, 0.6) is 0 Å². The Morgan fingerprint density at radius 3 is 2.55 bits per heavy atom. The predicted octanol–water partition coefficient (Wildman–Crippen LogP) is 4.08. The average molecular weight is 490 g/mol. The lowest BCUT2D eigenvalue weighted by atomic mass is 9.57. The Kier molecular flexibility index (Phi) is 9.22. The smallest absolute Gasteiger partial charge is 0.226 e. The number of benzene rings is 1. The number of aryl methyl sites for hydroxylation is 1. The molecule has 0 atom stereocenters. The average Bonchev–Trinajstić information content (AvgIpc) is 3.00. The first-order chi connectivity index (χ1) is 14.0. The summed E-state index contributed by atoms with van der Waals surface area (Å²) in [5.41, 5.74) is 2.26. The van der Waals surface area contributed by atoms with E-state index in [0.717, 1.165) is 62.6 Å². The van der Waals surface area contributed by atoms with E-state index in [9.17, 15) is 4.79 Å². The summed E-state index contributed by atoms with van der Waals surface area (Å²) in [4.78, 5) is 19.3. The SMILES string of the molecule is CCNCCNC(=O)C1CC2(C1)CN(Cc1nc(-c3ccc(Cl)cc3)oc1C)C2.Cl.Cl. The Morgan fingerprint density at radius 1 is 1.23 bits per heavy atom. The molecule has 1 aliphatic carbocycles. The lowest BCUT2D eigenvalue weighted by Gasteiger charge is -2.58. The fourth-order valence-electron chi connectivity index (χ4n) is 4.54. The van der Waals surface area contributed by atoms with Gasteiger partial charge in [0.15, 0.2) is 0 Å². The number of carbonyl (C=O) groups excluding carboxylic acids is 1. The van der Waals surface area contributed by atoms with Crippen LogP contribution >= 0.6 is 36.4 Å². The molecule has 1 aromatic carbocycles. The van der Waals surface area contributed by atoms with Gasteiger partial charge >= 0.3 is 0 Å². The number of carbonyl (C=O) groups is 1. The molecule has 172 valence electrons. The summed E-state index contributed by atoms with van der Waals surface area (Å²) in [5, 5.41) is 6.97. The van der Waals surface area contributed by atoms with Crippen molar-refractivity contribution in [2.75, 3.05) is 32.7 Å². The van der Waals surface area contributed by atoms with Crippen LogP contribution in [0, 0.1) is 18.3 Å². The molecule has 2 fully saturated rings. The Morgan fingerprint density at radius 2 is 1.90 bits per heavy atom. The molecule has 1 aromatic heterocycles. The molecule has 2 heterocycles. The number of oxazole rings is 1. The molecule has 31 heavy (non-hydrogen) atoms. The van der Waals surface area contributed by atoms with Crippen molar-refractivity contribution in [1.82, 2.24) is 20.5 Å². The minimum atomic E-state index is 0. The minimum absolute atomic E-state index is 0. The first kappa shape index (κ1) is 25.9. The molecular formula is C22H31Cl3N4O2. The van der Waals surface area contributed by atoms with Gasteiger partial charge in [-0.05, 0) is 56.0 Å². The molecule has 2 aliphatic rings. The number of rotatable bonds is 8. The number of likely N-dealkylation sites (tertiary alicyclic amines) is 1. The number of likely N-dealkylation sites (N-methyl/N-ethyl adjacent to an activating group) is 1. The molecule has 2 N–H and O–H groups in total. The van der Waals surface area contributed by atoms with E-state index in [2.05, 4.69) is 22.5 Å². The minimum Gasteiger partial charge on any atom is -0.441 e. The highest BCUT2D eigenvalue weighted by atomic mass is 35.5. The quantitative estimate of drug-likeness (QED) is 0.547. The predicted molar refractivity (Wildman–Crippen MR) is 128 cm³/mol. The zero-order chi connectivity index (χ0) is 20.4. The number of nitrogens with zero attached hydrogens (tertiary/aromatic N) is 2. The lowest BCUT2D eigenvalue weighted by Crippen LogP contribution is -2.63. The maximum absolute atomic E-state index is 12.2. The van der Waals surface area contributed by atoms with E-state index in [1.807, 2.05) is 31.2 Å². The van der Waals surface area contributed by atoms with E-state index in [4.69, 9.17) is 21.0 Å². The molecule has 1 saturated carbocycles. The van der Waals surface area contributed by atoms with Gasteiger partial charge in [0.25, 0.3) is 0 Å². The Balaban J connectivity index is 0.00000171. The second kappa shape index (κ2) is 11.0. The van der Waals surface area contributed by atoms with E-state index in [1.54, 1.807) is 0 Å². The number of hydrogen-bond donors (Lipinski definition) is 2. The van der Waals surface area contributed by atoms with E-state index < -0.39 is 0 Å². The van der Waals surface area contributed by atoms with Gasteiger partial charge < -0.3 is 15.1 Å². The number of amides is 1. The van der Waals surface area contributed by atoms with Crippen LogP contribution in [0.1, 0.15) is 31.2 Å². The summed E-state index contributed by atoms with van der Waals surface area (Å²) in [6.45, 7) is 9.39. The van der Waals surface area contributed by atoms with Crippen LogP contribution in [0.3, 0.4) is 0 Å². The van der Waals surface area contributed by atoms with Crippen molar-refractivity contribution >= 4 is 42.3 Å². The second-order valence-electron chi connectivity index (χ2n) is 8.42. The molecule has 0 unspecified atom stereocenters. The van der Waals surface area contributed by atoms with Crippen molar-refractivity contribution in [3.63, 3.8) is 0 Å². The highest BCUT2D eigenvalue weighted by Crippen LogP contribution is 2.52. The Bertz CT molecular complexity index is 858. The number of hydrogen-bond acceptors (Lipinski definition) is 5. The van der Waals surface area contributed by atoms with Crippen LogP contribution in [0.25, 0.3) is 11.5 Å². The third-order valence-corrected chi connectivity index (χ3v) is 6.31. The number of nitrogens with one attached hydrogen (secondary N) is 2. The first-order valence-electron chi connectivity index (χ1n) is 10.4. The van der Waals surface area contributed by atoms with Gasteiger partial charge in [0.1, 0.15) is 5.76 Å². The van der Waals surface area contributed by atoms with Gasteiger partial charge in [-0.15, -0.1) is 24.8 Å². The number of aromatic nitrogens is 1. The van der Waals surface area contributed by atoms with Gasteiger partial charge in [0, 0.05) is 49.2 Å². The molecule has 1 saturated heterocycles. The Labute approximate surface area is 201 Å². The van der Waals surface area contributed by atoms with Crippen molar-refractivity contribution in [3.8, 4) is 11.5 Å². The molecule has 2 aromatic rings. The normalized spacial score (nSPS) is 17.3. The molecule has 9 heteroatoms. The molecule has 1 amide bonds. The molecule has 0 bridgehead atoms. The lowest BCUT2D eigenvalue weighted by molar-refractivity contribution is -0.145. The summed E-state index contributed by atoms with van der Waals surface area (Å²) in [5.74, 6) is 1.90. The molecule has 1 spiro atoms. The largest absolute Gasteiger partial charge is 0.441 e. The molecule has 1 aliphatic heterocycles. The fourth-order valence-corrected chi connectivity index (χ4v) is 4.67. The highest BCUT2D eigenvalue weighted by Gasteiger charge is 2.54. The maximum Gasteiger partial charge on any atom is 0.226 e. The van der Waals surface area contributed by atoms with Gasteiger partial charge in [0.05, 0.1) is 5.69 Å². The first-order valence-corrected chi connectivity index (χ1v) is 10.8. The van der Waals surface area contributed by atoms with Gasteiger partial charge in [-0.1, -0.05) is 18.5 Å². The topological polar surface area (TPSA) is 70.4 Å². The van der Waals surface area contributed by atoms with Crippen molar-refractivity contribution in [2.45, 2.75) is 33.2 Å². The third kappa shape index (κ3) is 5.93. The summed E-state index contributed by atoms with van der Waals surface area (Å²) in [6.07, 6.45) is 2.01. The summed E-state index contributed by atoms with van der Waals surface area (Å²) in [7, 11) is 0. The Hall–Kier alpha value is -1.31.